The summed E-state index contributed by atoms with van der Waals surface area (Å²) in [5.74, 6) is 1.46. The molecule has 4 heteroatoms. The molecule has 1 saturated carbocycles. The van der Waals surface area contributed by atoms with Crippen LogP contribution in [0.1, 0.15) is 39.0 Å². The fraction of sp³-hybridized carbons (Fsp3) is 0.364. The number of benzene rings is 2. The Labute approximate surface area is 151 Å². The van der Waals surface area contributed by atoms with E-state index in [0.29, 0.717) is 40.0 Å². The van der Waals surface area contributed by atoms with E-state index in [1.54, 1.807) is 31.2 Å². The first kappa shape index (κ1) is 16.8. The van der Waals surface area contributed by atoms with Gasteiger partial charge >= 0.3 is 0 Å². The van der Waals surface area contributed by atoms with Crippen LogP contribution in [-0.2, 0) is 4.79 Å². The first-order valence-electron chi connectivity index (χ1n) is 9.22. The zero-order valence-electron chi connectivity index (χ0n) is 14.9. The monoisotopic (exact) mass is 350 g/mol. The molecule has 4 nitrogen and oxygen atoms in total. The van der Waals surface area contributed by atoms with Crippen LogP contribution in [0.3, 0.4) is 0 Å². The molecule has 2 aromatic carbocycles. The van der Waals surface area contributed by atoms with Crippen molar-refractivity contribution >= 4 is 27.7 Å². The lowest BCUT2D eigenvalue weighted by atomic mass is 9.84. The zero-order chi connectivity index (χ0) is 18.1. The van der Waals surface area contributed by atoms with Gasteiger partial charge in [-0.3, -0.25) is 4.79 Å². The third-order valence-corrected chi connectivity index (χ3v) is 5.22. The van der Waals surface area contributed by atoms with E-state index in [1.807, 2.05) is 18.2 Å². The van der Waals surface area contributed by atoms with Crippen molar-refractivity contribution in [2.45, 2.75) is 45.1 Å². The number of carbonyl (C=O) groups excluding carboxylic acids is 1. The fourth-order valence-electron chi connectivity index (χ4n) is 3.91. The Morgan fingerprint density at radius 3 is 2.54 bits per heavy atom. The number of Topliss-reactive ketones (excluding diaryl/α,β-unsaturated/α-hetero) is 1. The van der Waals surface area contributed by atoms with Gasteiger partial charge in [-0.15, -0.1) is 0 Å². The van der Waals surface area contributed by atoms with Gasteiger partial charge in [-0.1, -0.05) is 12.1 Å². The van der Waals surface area contributed by atoms with Crippen molar-refractivity contribution in [3.63, 3.8) is 0 Å². The Morgan fingerprint density at radius 1 is 1.04 bits per heavy atom. The molecule has 0 amide bonds. The summed E-state index contributed by atoms with van der Waals surface area (Å²) in [7, 11) is 0. The molecular formula is C22H22O4. The van der Waals surface area contributed by atoms with Crippen LogP contribution in [0.2, 0.25) is 0 Å². The molecule has 1 heterocycles. The van der Waals surface area contributed by atoms with Gasteiger partial charge in [-0.05, 0) is 68.9 Å². The molecule has 0 aliphatic heterocycles. The van der Waals surface area contributed by atoms with Crippen LogP contribution >= 0.6 is 0 Å². The number of rotatable bonds is 4. The van der Waals surface area contributed by atoms with Gasteiger partial charge in [-0.2, -0.15) is 0 Å². The molecule has 0 spiro atoms. The van der Waals surface area contributed by atoms with Crippen LogP contribution in [0.15, 0.2) is 51.7 Å². The van der Waals surface area contributed by atoms with E-state index < -0.39 is 0 Å². The number of carbonyl (C=O) groups is 1. The minimum atomic E-state index is -0.0301. The maximum absolute atomic E-state index is 12.7. The summed E-state index contributed by atoms with van der Waals surface area (Å²) < 4.78 is 12.0. The van der Waals surface area contributed by atoms with Crippen molar-refractivity contribution < 1.29 is 13.9 Å². The Morgan fingerprint density at radius 2 is 1.77 bits per heavy atom. The van der Waals surface area contributed by atoms with Gasteiger partial charge in [0, 0.05) is 6.42 Å². The number of ether oxygens (including phenoxy) is 1. The molecule has 1 aromatic heterocycles. The van der Waals surface area contributed by atoms with Gasteiger partial charge < -0.3 is 13.9 Å². The summed E-state index contributed by atoms with van der Waals surface area (Å²) in [5, 5.41) is 1.13. The Hall–Kier alpha value is -2.62. The van der Waals surface area contributed by atoms with Crippen molar-refractivity contribution in [3.8, 4) is 5.75 Å². The zero-order valence-corrected chi connectivity index (χ0v) is 14.9. The molecule has 3 aromatic rings. The summed E-state index contributed by atoms with van der Waals surface area (Å²) in [4.78, 5) is 24.0. The molecule has 26 heavy (non-hydrogen) atoms. The minimum absolute atomic E-state index is 0.0301. The normalized spacial score (nSPS) is 20.3. The lowest BCUT2D eigenvalue weighted by Crippen LogP contribution is -2.25. The van der Waals surface area contributed by atoms with Gasteiger partial charge in [-0.25, -0.2) is 0 Å². The van der Waals surface area contributed by atoms with Crippen molar-refractivity contribution in [2.24, 2.45) is 5.92 Å². The second-order valence-corrected chi connectivity index (χ2v) is 7.25. The predicted octanol–water partition coefficient (Wildman–Crippen LogP) is 4.86. The van der Waals surface area contributed by atoms with Crippen LogP contribution in [0.4, 0.5) is 0 Å². The summed E-state index contributed by atoms with van der Waals surface area (Å²) >= 11 is 0. The maximum Gasteiger partial charge on any atom is 0.200 e. The van der Waals surface area contributed by atoms with Crippen molar-refractivity contribution in [2.75, 3.05) is 0 Å². The van der Waals surface area contributed by atoms with E-state index in [-0.39, 0.29) is 17.3 Å². The largest absolute Gasteiger partial charge is 0.490 e. The average molecular weight is 350 g/mol. The van der Waals surface area contributed by atoms with Gasteiger partial charge in [0.2, 0.25) is 5.43 Å². The molecule has 1 fully saturated rings. The highest BCUT2D eigenvalue weighted by Crippen LogP contribution is 2.31. The maximum atomic E-state index is 12.7. The van der Waals surface area contributed by atoms with Crippen molar-refractivity contribution in [1.82, 2.24) is 0 Å². The lowest BCUT2D eigenvalue weighted by molar-refractivity contribution is -0.118. The Bertz CT molecular complexity index is 1010. The average Bonchev–Trinajstić information content (AvgIpc) is 2.64. The van der Waals surface area contributed by atoms with Crippen LogP contribution in [0, 0.1) is 5.92 Å². The summed E-state index contributed by atoms with van der Waals surface area (Å²) in [5.41, 5.74) is 1.14. The summed E-state index contributed by atoms with van der Waals surface area (Å²) in [6, 6.07) is 12.7. The number of hydrogen-bond acceptors (Lipinski definition) is 4. The van der Waals surface area contributed by atoms with E-state index in [0.717, 1.165) is 25.7 Å². The molecule has 0 N–H and O–H groups in total. The summed E-state index contributed by atoms with van der Waals surface area (Å²) in [6.45, 7) is 1.66. The molecule has 0 unspecified atom stereocenters. The molecule has 0 bridgehead atoms. The second kappa shape index (κ2) is 6.94. The van der Waals surface area contributed by atoms with Gasteiger partial charge in [0.15, 0.2) is 0 Å². The molecule has 134 valence electrons. The van der Waals surface area contributed by atoms with E-state index in [2.05, 4.69) is 0 Å². The van der Waals surface area contributed by atoms with E-state index in [4.69, 9.17) is 9.15 Å². The van der Waals surface area contributed by atoms with Gasteiger partial charge in [0.05, 0.1) is 16.9 Å². The van der Waals surface area contributed by atoms with E-state index in [9.17, 15) is 9.59 Å². The molecular weight excluding hydrogens is 328 g/mol. The highest BCUT2D eigenvalue weighted by molar-refractivity contribution is 5.90. The summed E-state index contributed by atoms with van der Waals surface area (Å²) in [6.07, 6.45) is 4.75. The highest BCUT2D eigenvalue weighted by atomic mass is 16.5. The van der Waals surface area contributed by atoms with Gasteiger partial charge in [0.25, 0.3) is 0 Å². The molecule has 0 saturated heterocycles. The lowest BCUT2D eigenvalue weighted by Gasteiger charge is -2.28. The molecule has 4 rings (SSSR count). The SMILES string of the molecule is CC(=O)CC1CCC(Oc2ccc3oc4ccccc4c(=O)c3c2)CC1. The first-order chi connectivity index (χ1) is 12.6. The quantitative estimate of drug-likeness (QED) is 0.630. The third kappa shape index (κ3) is 3.36. The van der Waals surface area contributed by atoms with Crippen LogP contribution in [0.5, 0.6) is 5.75 Å². The number of ketones is 1. The first-order valence-corrected chi connectivity index (χ1v) is 9.22. The van der Waals surface area contributed by atoms with Crippen molar-refractivity contribution in [1.29, 1.82) is 0 Å². The molecule has 0 atom stereocenters. The molecule has 0 radical (unpaired) electrons. The highest BCUT2D eigenvalue weighted by Gasteiger charge is 2.23. The van der Waals surface area contributed by atoms with E-state index >= 15 is 0 Å². The van der Waals surface area contributed by atoms with Crippen molar-refractivity contribution in [3.05, 3.63) is 52.7 Å². The topological polar surface area (TPSA) is 56.5 Å². The molecule has 1 aliphatic carbocycles. The number of fused-ring (bicyclic) bond motifs is 2. The minimum Gasteiger partial charge on any atom is -0.490 e. The number of para-hydroxylation sites is 1. The van der Waals surface area contributed by atoms with Crippen LogP contribution in [0.25, 0.3) is 21.9 Å². The third-order valence-electron chi connectivity index (χ3n) is 5.22. The second-order valence-electron chi connectivity index (χ2n) is 7.25. The smallest absolute Gasteiger partial charge is 0.200 e. The standard InChI is InChI=1S/C22H22O4/c1-14(23)12-15-6-8-16(9-7-15)25-17-10-11-21-19(13-17)22(24)18-4-2-3-5-20(18)26-21/h2-5,10-11,13,15-16H,6-9,12H2,1H3. The number of hydrogen-bond donors (Lipinski definition) is 0. The molecule has 1 aliphatic rings. The fourth-order valence-corrected chi connectivity index (χ4v) is 3.91. The Balaban J connectivity index is 1.55. The van der Waals surface area contributed by atoms with E-state index in [1.165, 1.54) is 0 Å². The van der Waals surface area contributed by atoms with Crippen LogP contribution in [-0.4, -0.2) is 11.9 Å². The predicted molar refractivity (Wildman–Crippen MR) is 102 cm³/mol. The van der Waals surface area contributed by atoms with Gasteiger partial charge in [0.1, 0.15) is 22.7 Å². The Kier molecular flexibility index (Phi) is 4.49. The van der Waals surface area contributed by atoms with Crippen LogP contribution < -0.4 is 10.2 Å².